The van der Waals surface area contributed by atoms with Gasteiger partial charge in [0, 0.05) is 19.1 Å². The molecule has 1 aliphatic heterocycles. The number of piperidine rings is 1. The maximum absolute atomic E-state index is 12.5. The number of hydrogen-bond acceptors (Lipinski definition) is 1. The van der Waals surface area contributed by atoms with E-state index in [4.69, 9.17) is 0 Å². The molecule has 3 nitrogen and oxygen atoms in total. The standard InChI is InChI=1S/C20H30N2O/c23-20(21-19-10-6-1-2-7-11-19)22-14-12-18(13-15-22)16-17-8-4-3-5-9-17/h3-5,8-9,18-19H,1-2,6-7,10-16H2,(H,21,23). The second-order valence-electron chi connectivity index (χ2n) is 7.26. The molecule has 0 radical (unpaired) electrons. The van der Waals surface area contributed by atoms with Crippen molar-refractivity contribution in [3.63, 3.8) is 0 Å². The van der Waals surface area contributed by atoms with Crippen LogP contribution in [0.4, 0.5) is 4.79 Å². The summed E-state index contributed by atoms with van der Waals surface area (Å²) in [7, 11) is 0. The lowest BCUT2D eigenvalue weighted by Crippen LogP contribution is -2.48. The molecule has 0 spiro atoms. The number of nitrogens with one attached hydrogen (secondary N) is 1. The summed E-state index contributed by atoms with van der Waals surface area (Å²) >= 11 is 0. The van der Waals surface area contributed by atoms with E-state index in [1.54, 1.807) is 0 Å². The zero-order valence-electron chi connectivity index (χ0n) is 14.2. The van der Waals surface area contributed by atoms with Gasteiger partial charge in [0.25, 0.3) is 0 Å². The van der Waals surface area contributed by atoms with E-state index in [-0.39, 0.29) is 6.03 Å². The number of nitrogens with zero attached hydrogens (tertiary/aromatic N) is 1. The molecule has 1 aliphatic carbocycles. The number of urea groups is 1. The van der Waals surface area contributed by atoms with Crippen LogP contribution in [0.2, 0.25) is 0 Å². The number of rotatable bonds is 3. The van der Waals surface area contributed by atoms with Gasteiger partial charge < -0.3 is 10.2 Å². The van der Waals surface area contributed by atoms with Gasteiger partial charge in [-0.2, -0.15) is 0 Å². The average molecular weight is 314 g/mol. The van der Waals surface area contributed by atoms with Crippen LogP contribution in [0.5, 0.6) is 0 Å². The SMILES string of the molecule is O=C(NC1CCCCCC1)N1CCC(Cc2ccccc2)CC1. The Morgan fingerprint density at radius 2 is 1.61 bits per heavy atom. The lowest BCUT2D eigenvalue weighted by Gasteiger charge is -2.33. The highest BCUT2D eigenvalue weighted by Crippen LogP contribution is 2.22. The predicted octanol–water partition coefficient (Wildman–Crippen LogP) is 4.37. The quantitative estimate of drug-likeness (QED) is 0.825. The molecule has 2 amide bonds. The first-order chi connectivity index (χ1) is 11.3. The van der Waals surface area contributed by atoms with Crippen molar-refractivity contribution in [2.75, 3.05) is 13.1 Å². The second kappa shape index (κ2) is 8.37. The molecular weight excluding hydrogens is 284 g/mol. The molecule has 0 atom stereocenters. The molecule has 126 valence electrons. The fourth-order valence-electron chi connectivity index (χ4n) is 3.98. The first kappa shape index (κ1) is 16.4. The molecule has 3 rings (SSSR count). The molecule has 1 saturated carbocycles. The maximum Gasteiger partial charge on any atom is 0.317 e. The second-order valence-corrected chi connectivity index (χ2v) is 7.26. The third kappa shape index (κ3) is 4.98. The fourth-order valence-corrected chi connectivity index (χ4v) is 3.98. The third-order valence-electron chi connectivity index (χ3n) is 5.45. The van der Waals surface area contributed by atoms with Gasteiger partial charge in [0.1, 0.15) is 0 Å². The molecule has 1 heterocycles. The normalized spacial score (nSPS) is 21.0. The Hall–Kier alpha value is -1.51. The molecule has 1 N–H and O–H groups in total. The van der Waals surface area contributed by atoms with Gasteiger partial charge >= 0.3 is 6.03 Å². The molecule has 1 aromatic rings. The lowest BCUT2D eigenvalue weighted by molar-refractivity contribution is 0.166. The molecule has 0 aromatic heterocycles. The van der Waals surface area contributed by atoms with Crippen LogP contribution in [0.15, 0.2) is 30.3 Å². The van der Waals surface area contributed by atoms with E-state index in [1.807, 2.05) is 4.90 Å². The highest BCUT2D eigenvalue weighted by Gasteiger charge is 2.24. The van der Waals surface area contributed by atoms with E-state index in [9.17, 15) is 4.79 Å². The number of likely N-dealkylation sites (tertiary alicyclic amines) is 1. The van der Waals surface area contributed by atoms with Crippen molar-refractivity contribution in [1.82, 2.24) is 10.2 Å². The molecule has 0 bridgehead atoms. The summed E-state index contributed by atoms with van der Waals surface area (Å²) in [5.74, 6) is 0.722. The van der Waals surface area contributed by atoms with Crippen LogP contribution in [-0.2, 0) is 6.42 Å². The van der Waals surface area contributed by atoms with Crippen LogP contribution >= 0.6 is 0 Å². The molecule has 2 fully saturated rings. The van der Waals surface area contributed by atoms with Crippen molar-refractivity contribution in [3.05, 3.63) is 35.9 Å². The molecule has 1 saturated heterocycles. The topological polar surface area (TPSA) is 32.3 Å². The highest BCUT2D eigenvalue weighted by atomic mass is 16.2. The largest absolute Gasteiger partial charge is 0.335 e. The first-order valence-corrected chi connectivity index (χ1v) is 9.40. The fraction of sp³-hybridized carbons (Fsp3) is 0.650. The average Bonchev–Trinajstić information content (AvgIpc) is 2.85. The van der Waals surface area contributed by atoms with Crippen molar-refractivity contribution < 1.29 is 4.79 Å². The van der Waals surface area contributed by atoms with Crippen LogP contribution in [0.3, 0.4) is 0 Å². The number of benzene rings is 1. The molecule has 23 heavy (non-hydrogen) atoms. The predicted molar refractivity (Wildman–Crippen MR) is 94.5 cm³/mol. The molecular formula is C20H30N2O. The zero-order valence-corrected chi connectivity index (χ0v) is 14.2. The van der Waals surface area contributed by atoms with Crippen molar-refractivity contribution in [2.24, 2.45) is 5.92 Å². The van der Waals surface area contributed by atoms with Gasteiger partial charge in [-0.25, -0.2) is 4.79 Å². The van der Waals surface area contributed by atoms with Crippen LogP contribution < -0.4 is 5.32 Å². The number of carbonyl (C=O) groups is 1. The van der Waals surface area contributed by atoms with Gasteiger partial charge in [-0.1, -0.05) is 56.0 Å². The Morgan fingerprint density at radius 3 is 2.26 bits per heavy atom. The number of hydrogen-bond donors (Lipinski definition) is 1. The van der Waals surface area contributed by atoms with Gasteiger partial charge in [-0.05, 0) is 43.6 Å². The molecule has 0 unspecified atom stereocenters. The molecule has 1 aromatic carbocycles. The first-order valence-electron chi connectivity index (χ1n) is 9.40. The van der Waals surface area contributed by atoms with E-state index in [0.717, 1.165) is 51.1 Å². The van der Waals surface area contributed by atoms with Crippen molar-refractivity contribution in [3.8, 4) is 0 Å². The van der Waals surface area contributed by atoms with E-state index < -0.39 is 0 Å². The van der Waals surface area contributed by atoms with Crippen LogP contribution in [0.25, 0.3) is 0 Å². The Balaban J connectivity index is 1.42. The summed E-state index contributed by atoms with van der Waals surface area (Å²) in [6.45, 7) is 1.83. The summed E-state index contributed by atoms with van der Waals surface area (Å²) in [5.41, 5.74) is 1.42. The Bertz CT molecular complexity index is 472. The van der Waals surface area contributed by atoms with Gasteiger partial charge in [0.15, 0.2) is 0 Å². The summed E-state index contributed by atoms with van der Waals surface area (Å²) in [6.07, 6.45) is 10.9. The van der Waals surface area contributed by atoms with Gasteiger partial charge in [-0.3, -0.25) is 0 Å². The number of amides is 2. The summed E-state index contributed by atoms with van der Waals surface area (Å²) in [4.78, 5) is 14.5. The minimum Gasteiger partial charge on any atom is -0.335 e. The monoisotopic (exact) mass is 314 g/mol. The van der Waals surface area contributed by atoms with Crippen LogP contribution in [0, 0.1) is 5.92 Å². The minimum atomic E-state index is 0.176. The molecule has 3 heteroatoms. The van der Waals surface area contributed by atoms with E-state index in [2.05, 4.69) is 35.6 Å². The minimum absolute atomic E-state index is 0.176. The van der Waals surface area contributed by atoms with E-state index in [0.29, 0.717) is 6.04 Å². The Morgan fingerprint density at radius 1 is 0.957 bits per heavy atom. The summed E-state index contributed by atoms with van der Waals surface area (Å²) in [5, 5.41) is 3.28. The van der Waals surface area contributed by atoms with Crippen molar-refractivity contribution in [2.45, 2.75) is 63.8 Å². The van der Waals surface area contributed by atoms with Gasteiger partial charge in [0.2, 0.25) is 0 Å². The van der Waals surface area contributed by atoms with Gasteiger partial charge in [-0.15, -0.1) is 0 Å². The highest BCUT2D eigenvalue weighted by molar-refractivity contribution is 5.74. The lowest BCUT2D eigenvalue weighted by atomic mass is 9.90. The zero-order chi connectivity index (χ0) is 15.9. The smallest absolute Gasteiger partial charge is 0.317 e. The van der Waals surface area contributed by atoms with Crippen molar-refractivity contribution in [1.29, 1.82) is 0 Å². The molecule has 2 aliphatic rings. The van der Waals surface area contributed by atoms with E-state index >= 15 is 0 Å². The van der Waals surface area contributed by atoms with Crippen LogP contribution in [0.1, 0.15) is 56.9 Å². The van der Waals surface area contributed by atoms with E-state index in [1.165, 1.54) is 31.2 Å². The summed E-state index contributed by atoms with van der Waals surface area (Å²) in [6, 6.07) is 11.3. The summed E-state index contributed by atoms with van der Waals surface area (Å²) < 4.78 is 0. The van der Waals surface area contributed by atoms with Crippen molar-refractivity contribution >= 4 is 6.03 Å². The van der Waals surface area contributed by atoms with Crippen LogP contribution in [-0.4, -0.2) is 30.1 Å². The third-order valence-corrected chi connectivity index (χ3v) is 5.45. The van der Waals surface area contributed by atoms with Gasteiger partial charge in [0.05, 0.1) is 0 Å². The Labute approximate surface area is 140 Å². The maximum atomic E-state index is 12.5. The number of carbonyl (C=O) groups excluding carboxylic acids is 1. The Kier molecular flexibility index (Phi) is 5.95.